The third kappa shape index (κ3) is 8.31. The minimum Gasteiger partial charge on any atom is -0.481 e. The Balaban J connectivity index is 4.93. The lowest BCUT2D eigenvalue weighted by molar-refractivity contribution is -0.146. The highest BCUT2D eigenvalue weighted by atomic mass is 16.4. The molecule has 0 bridgehead atoms. The fourth-order valence-electron chi connectivity index (χ4n) is 2.62. The number of aliphatic carboxylic acids is 1. The van der Waals surface area contributed by atoms with Gasteiger partial charge in [-0.25, -0.2) is 0 Å². The van der Waals surface area contributed by atoms with Gasteiger partial charge in [0.2, 0.25) is 0 Å². The van der Waals surface area contributed by atoms with Crippen molar-refractivity contribution in [3.05, 3.63) is 11.6 Å². The number of carboxylic acids is 1. The Morgan fingerprint density at radius 3 is 2.26 bits per heavy atom. The van der Waals surface area contributed by atoms with Gasteiger partial charge in [0.15, 0.2) is 0 Å². The van der Waals surface area contributed by atoms with Crippen LogP contribution >= 0.6 is 0 Å². The summed E-state index contributed by atoms with van der Waals surface area (Å²) in [5.41, 5.74) is 0.421. The zero-order valence-corrected chi connectivity index (χ0v) is 16.0. The molecular formula is C19H35NO3. The smallest absolute Gasteiger partial charge is 0.309 e. The quantitative estimate of drug-likeness (QED) is 0.583. The molecule has 4 heteroatoms. The van der Waals surface area contributed by atoms with Crippen LogP contribution < -0.4 is 0 Å². The Morgan fingerprint density at radius 2 is 1.83 bits per heavy atom. The molecule has 0 fully saturated rings. The molecule has 2 atom stereocenters. The number of carbonyl (C=O) groups is 2. The molecular weight excluding hydrogens is 290 g/mol. The molecule has 0 aliphatic rings. The van der Waals surface area contributed by atoms with Crippen molar-refractivity contribution in [1.29, 1.82) is 0 Å². The monoisotopic (exact) mass is 325 g/mol. The summed E-state index contributed by atoms with van der Waals surface area (Å²) < 4.78 is 0. The molecule has 23 heavy (non-hydrogen) atoms. The van der Waals surface area contributed by atoms with E-state index in [0.717, 1.165) is 25.9 Å². The highest BCUT2D eigenvalue weighted by molar-refractivity contribution is 5.78. The molecule has 0 saturated carbocycles. The molecule has 0 spiro atoms. The van der Waals surface area contributed by atoms with E-state index >= 15 is 0 Å². The van der Waals surface area contributed by atoms with Gasteiger partial charge in [0.25, 0.3) is 0 Å². The van der Waals surface area contributed by atoms with E-state index in [-0.39, 0.29) is 17.6 Å². The minimum atomic E-state index is -0.780. The molecule has 0 amide bonds. The largest absolute Gasteiger partial charge is 0.481 e. The molecule has 0 saturated heterocycles. The molecule has 0 aliphatic carbocycles. The van der Waals surface area contributed by atoms with Gasteiger partial charge in [-0.15, -0.1) is 0 Å². The second kappa shape index (κ2) is 9.86. The molecule has 0 heterocycles. The van der Waals surface area contributed by atoms with Gasteiger partial charge in [-0.3, -0.25) is 9.59 Å². The van der Waals surface area contributed by atoms with Crippen molar-refractivity contribution in [3.8, 4) is 0 Å². The van der Waals surface area contributed by atoms with E-state index in [4.69, 9.17) is 0 Å². The highest BCUT2D eigenvalue weighted by Gasteiger charge is 2.26. The van der Waals surface area contributed by atoms with Gasteiger partial charge in [0.1, 0.15) is 5.78 Å². The summed E-state index contributed by atoms with van der Waals surface area (Å²) in [6.45, 7) is 13.2. The van der Waals surface area contributed by atoms with Crippen LogP contribution in [0.15, 0.2) is 11.6 Å². The van der Waals surface area contributed by atoms with Crippen molar-refractivity contribution < 1.29 is 14.7 Å². The first kappa shape index (κ1) is 21.8. The average Bonchev–Trinajstić information content (AvgIpc) is 2.43. The Labute approximate surface area is 141 Å². The lowest BCUT2D eigenvalue weighted by atomic mass is 9.83. The van der Waals surface area contributed by atoms with Crippen LogP contribution in [0.5, 0.6) is 0 Å². The average molecular weight is 325 g/mol. The lowest BCUT2D eigenvalue weighted by Gasteiger charge is -2.28. The molecule has 1 unspecified atom stereocenters. The summed E-state index contributed by atoms with van der Waals surface area (Å²) in [5, 5.41) is 9.19. The molecule has 0 aromatic carbocycles. The molecule has 0 radical (unpaired) electrons. The maximum Gasteiger partial charge on any atom is 0.309 e. The summed E-state index contributed by atoms with van der Waals surface area (Å²) in [6, 6.07) is 0. The predicted octanol–water partition coefficient (Wildman–Crippen LogP) is 4.01. The number of allylic oxidation sites excluding steroid dienone is 2. The predicted molar refractivity (Wildman–Crippen MR) is 95.5 cm³/mol. The van der Waals surface area contributed by atoms with Crippen molar-refractivity contribution in [2.24, 2.45) is 17.3 Å². The topological polar surface area (TPSA) is 57.6 Å². The van der Waals surface area contributed by atoms with Crippen molar-refractivity contribution in [1.82, 2.24) is 4.90 Å². The number of carbonyl (C=O) groups excluding carboxylic acids is 1. The van der Waals surface area contributed by atoms with Crippen LogP contribution in [0.1, 0.15) is 60.8 Å². The Bertz CT molecular complexity index is 426. The number of Topliss-reactive ketones (excluding diaryl/α,β-unsaturated/α-hetero) is 1. The van der Waals surface area contributed by atoms with E-state index < -0.39 is 11.4 Å². The van der Waals surface area contributed by atoms with Gasteiger partial charge >= 0.3 is 5.97 Å². The molecule has 134 valence electrons. The van der Waals surface area contributed by atoms with Gasteiger partial charge in [0.05, 0.1) is 5.41 Å². The van der Waals surface area contributed by atoms with Crippen molar-refractivity contribution in [3.63, 3.8) is 0 Å². The number of hydrogen-bond donors (Lipinski definition) is 1. The molecule has 0 aromatic heterocycles. The highest BCUT2D eigenvalue weighted by Crippen LogP contribution is 2.26. The number of carboxylic acid groups (broad SMARTS) is 1. The van der Waals surface area contributed by atoms with Gasteiger partial charge < -0.3 is 10.0 Å². The third-order valence-corrected chi connectivity index (χ3v) is 4.62. The van der Waals surface area contributed by atoms with E-state index in [1.165, 1.54) is 5.57 Å². The van der Waals surface area contributed by atoms with Gasteiger partial charge in [0, 0.05) is 12.5 Å². The first-order valence-electron chi connectivity index (χ1n) is 8.59. The second-order valence-electron chi connectivity index (χ2n) is 7.57. The van der Waals surface area contributed by atoms with Crippen LogP contribution in [0.2, 0.25) is 0 Å². The first-order valence-corrected chi connectivity index (χ1v) is 8.59. The molecule has 0 aromatic rings. The van der Waals surface area contributed by atoms with Crippen LogP contribution in [0.4, 0.5) is 0 Å². The third-order valence-electron chi connectivity index (χ3n) is 4.62. The van der Waals surface area contributed by atoms with Gasteiger partial charge in [-0.1, -0.05) is 25.5 Å². The SMILES string of the molecule is CCCN(C)C[C@@H](C/C(C)=C\CC(C)(C)C(=O)O)C(C)C(C)=O. The maximum absolute atomic E-state index is 11.8. The standard InChI is InChI=1S/C19H35NO3/c1-8-11-20(7)13-17(15(3)16(4)21)12-14(2)9-10-19(5,6)18(22)23/h9,15,17H,8,10-13H2,1-7H3,(H,22,23)/b14-9-/t15?,17-/m1/s1. The summed E-state index contributed by atoms with van der Waals surface area (Å²) in [5.74, 6) is -0.269. The second-order valence-corrected chi connectivity index (χ2v) is 7.57. The maximum atomic E-state index is 11.8. The van der Waals surface area contributed by atoms with Gasteiger partial charge in [-0.2, -0.15) is 0 Å². The van der Waals surface area contributed by atoms with E-state index in [1.807, 2.05) is 19.9 Å². The van der Waals surface area contributed by atoms with Crippen molar-refractivity contribution in [2.45, 2.75) is 60.8 Å². The van der Waals surface area contributed by atoms with Crippen LogP contribution in [0.25, 0.3) is 0 Å². The van der Waals surface area contributed by atoms with Crippen LogP contribution in [0, 0.1) is 17.3 Å². The molecule has 1 N–H and O–H groups in total. The fraction of sp³-hybridized carbons (Fsp3) is 0.789. The number of nitrogens with zero attached hydrogens (tertiary/aromatic N) is 1. The van der Waals surface area contributed by atoms with E-state index in [2.05, 4.69) is 18.9 Å². The Hall–Kier alpha value is -1.16. The summed E-state index contributed by atoms with van der Waals surface area (Å²) >= 11 is 0. The zero-order chi connectivity index (χ0) is 18.2. The normalized spacial score (nSPS) is 15.6. The number of ketones is 1. The summed E-state index contributed by atoms with van der Waals surface area (Å²) in [7, 11) is 2.09. The summed E-state index contributed by atoms with van der Waals surface area (Å²) in [6.07, 6.45) is 4.47. The van der Waals surface area contributed by atoms with Gasteiger partial charge in [-0.05, 0) is 66.5 Å². The van der Waals surface area contributed by atoms with E-state index in [1.54, 1.807) is 20.8 Å². The van der Waals surface area contributed by atoms with E-state index in [9.17, 15) is 14.7 Å². The van der Waals surface area contributed by atoms with Crippen molar-refractivity contribution >= 4 is 11.8 Å². The molecule has 0 aliphatic heterocycles. The van der Waals surface area contributed by atoms with Crippen LogP contribution in [-0.2, 0) is 9.59 Å². The van der Waals surface area contributed by atoms with Crippen LogP contribution in [0.3, 0.4) is 0 Å². The summed E-state index contributed by atoms with van der Waals surface area (Å²) in [4.78, 5) is 25.3. The minimum absolute atomic E-state index is 0.0186. The number of hydrogen-bond acceptors (Lipinski definition) is 3. The molecule has 0 rings (SSSR count). The van der Waals surface area contributed by atoms with E-state index in [0.29, 0.717) is 6.42 Å². The zero-order valence-electron chi connectivity index (χ0n) is 16.0. The lowest BCUT2D eigenvalue weighted by Crippen LogP contribution is -2.32. The Morgan fingerprint density at radius 1 is 1.26 bits per heavy atom. The fourth-order valence-corrected chi connectivity index (χ4v) is 2.62. The molecule has 4 nitrogen and oxygen atoms in total. The van der Waals surface area contributed by atoms with Crippen molar-refractivity contribution in [2.75, 3.05) is 20.1 Å². The number of rotatable bonds is 11. The van der Waals surface area contributed by atoms with Crippen LogP contribution in [-0.4, -0.2) is 41.9 Å². The first-order chi connectivity index (χ1) is 10.5. The Kier molecular flexibility index (Phi) is 9.37.